The van der Waals surface area contributed by atoms with Crippen LogP contribution in [0, 0.1) is 0 Å². The van der Waals surface area contributed by atoms with Crippen molar-refractivity contribution >= 4 is 33.4 Å². The van der Waals surface area contributed by atoms with Crippen LogP contribution < -0.4 is 4.74 Å². The number of ether oxygens (including phenoxy) is 1. The maximum Gasteiger partial charge on any atom is 0.243 e. The van der Waals surface area contributed by atoms with Crippen LogP contribution in [0.5, 0.6) is 5.75 Å². The van der Waals surface area contributed by atoms with Gasteiger partial charge in [-0.15, -0.1) is 0 Å². The zero-order valence-corrected chi connectivity index (χ0v) is 18.0. The van der Waals surface area contributed by atoms with Crippen LogP contribution in [0.1, 0.15) is 21.5 Å². The van der Waals surface area contributed by atoms with Gasteiger partial charge in [-0.2, -0.15) is 4.31 Å². The molecular weight excluding hydrogens is 418 g/mol. The fourth-order valence-corrected chi connectivity index (χ4v) is 4.59. The molecule has 5 nitrogen and oxygen atoms in total. The second-order valence-electron chi connectivity index (χ2n) is 6.57. The van der Waals surface area contributed by atoms with E-state index < -0.39 is 10.0 Å². The van der Waals surface area contributed by atoms with E-state index in [1.807, 2.05) is 30.3 Å². The van der Waals surface area contributed by atoms with Gasteiger partial charge < -0.3 is 4.74 Å². The molecule has 3 aromatic rings. The molecule has 0 spiro atoms. The van der Waals surface area contributed by atoms with Crippen molar-refractivity contribution in [3.05, 3.63) is 95.6 Å². The monoisotopic (exact) mass is 439 g/mol. The molecule has 0 radical (unpaired) electrons. The highest BCUT2D eigenvalue weighted by Gasteiger charge is 2.26. The van der Waals surface area contributed by atoms with Crippen LogP contribution >= 0.6 is 12.2 Å². The molecule has 7 heteroatoms. The third kappa shape index (κ3) is 4.99. The van der Waals surface area contributed by atoms with E-state index >= 15 is 0 Å². The van der Waals surface area contributed by atoms with Gasteiger partial charge in [0.15, 0.2) is 5.78 Å². The summed E-state index contributed by atoms with van der Waals surface area (Å²) >= 11 is 4.79. The van der Waals surface area contributed by atoms with Crippen molar-refractivity contribution in [1.82, 2.24) is 4.31 Å². The minimum Gasteiger partial charge on any atom is -0.497 e. The first-order valence-corrected chi connectivity index (χ1v) is 11.1. The summed E-state index contributed by atoms with van der Waals surface area (Å²) in [4.78, 5) is 12.4. The number of carbonyl (C=O) groups excluding carboxylic acids is 1. The minimum absolute atomic E-state index is 0.0361. The van der Waals surface area contributed by atoms with E-state index in [1.54, 1.807) is 36.4 Å². The van der Waals surface area contributed by atoms with Crippen LogP contribution in [0.25, 0.3) is 0 Å². The van der Waals surface area contributed by atoms with Crippen LogP contribution in [-0.4, -0.2) is 31.0 Å². The third-order valence-corrected chi connectivity index (χ3v) is 6.66. The maximum atomic E-state index is 13.5. The molecule has 0 fully saturated rings. The highest BCUT2D eigenvalue weighted by molar-refractivity contribution is 7.89. The van der Waals surface area contributed by atoms with Gasteiger partial charge in [0.2, 0.25) is 10.0 Å². The van der Waals surface area contributed by atoms with Crippen LogP contribution in [0.2, 0.25) is 0 Å². The van der Waals surface area contributed by atoms with E-state index in [9.17, 15) is 13.2 Å². The van der Waals surface area contributed by atoms with Crippen LogP contribution in [0.15, 0.2) is 83.8 Å². The van der Waals surface area contributed by atoms with E-state index in [0.717, 1.165) is 10.9 Å². The van der Waals surface area contributed by atoms with Crippen molar-refractivity contribution in [3.63, 3.8) is 0 Å². The Balaban J connectivity index is 2.02. The molecule has 0 saturated carbocycles. The molecule has 0 aliphatic rings. The number of nitrogens with zero attached hydrogens (tertiary/aromatic N) is 1. The van der Waals surface area contributed by atoms with Crippen molar-refractivity contribution < 1.29 is 17.9 Å². The smallest absolute Gasteiger partial charge is 0.243 e. The van der Waals surface area contributed by atoms with E-state index in [0.29, 0.717) is 16.9 Å². The molecule has 154 valence electrons. The molecular formula is C23H21NO4S2. The molecule has 0 aromatic heterocycles. The predicted molar refractivity (Wildman–Crippen MR) is 120 cm³/mol. The Hall–Kier alpha value is -2.87. The second kappa shape index (κ2) is 9.75. The van der Waals surface area contributed by atoms with Crippen molar-refractivity contribution in [1.29, 1.82) is 0 Å². The van der Waals surface area contributed by atoms with Crippen molar-refractivity contribution in [2.75, 3.05) is 7.11 Å². The Bertz CT molecular complexity index is 1130. The summed E-state index contributed by atoms with van der Waals surface area (Å²) in [5.41, 5.74) is 1.83. The Morgan fingerprint density at radius 3 is 2.20 bits per heavy atom. The van der Waals surface area contributed by atoms with Gasteiger partial charge in [-0.25, -0.2) is 8.42 Å². The number of sulfonamides is 1. The Morgan fingerprint density at radius 2 is 1.57 bits per heavy atom. The largest absolute Gasteiger partial charge is 0.497 e. The lowest BCUT2D eigenvalue weighted by atomic mass is 10.0. The lowest BCUT2D eigenvalue weighted by molar-refractivity contribution is 0.107. The molecule has 3 rings (SSSR count). The summed E-state index contributed by atoms with van der Waals surface area (Å²) in [7, 11) is -2.32. The van der Waals surface area contributed by atoms with E-state index in [1.165, 1.54) is 23.5 Å². The van der Waals surface area contributed by atoms with Crippen molar-refractivity contribution in [2.45, 2.75) is 18.0 Å². The number of carbonyl (C=O) groups is 1. The molecule has 0 atom stereocenters. The normalized spacial score (nSPS) is 11.3. The van der Waals surface area contributed by atoms with Gasteiger partial charge in [0.1, 0.15) is 5.75 Å². The average Bonchev–Trinajstić information content (AvgIpc) is 2.79. The maximum absolute atomic E-state index is 13.5. The summed E-state index contributed by atoms with van der Waals surface area (Å²) in [6.45, 7) is 0.198. The first kappa shape index (κ1) is 21.8. The Labute approximate surface area is 182 Å². The first-order valence-electron chi connectivity index (χ1n) is 9.21. The van der Waals surface area contributed by atoms with Gasteiger partial charge in [0.05, 0.1) is 12.0 Å². The highest BCUT2D eigenvalue weighted by atomic mass is 32.2. The second-order valence-corrected chi connectivity index (χ2v) is 8.75. The molecule has 0 aliphatic carbocycles. The minimum atomic E-state index is -3.84. The molecule has 0 saturated heterocycles. The molecule has 3 aromatic carbocycles. The standard InChI is InChI=1S/C23H21NO4S2/c1-28-20-11-13-21(14-12-20)30(26,27)24(15-18-7-3-2-4-8-18)16-19-9-5-6-10-22(19)23(25)17-29/h2-14,17H,15-16H2,1H3. The Kier molecular flexibility index (Phi) is 7.10. The molecule has 30 heavy (non-hydrogen) atoms. The Morgan fingerprint density at radius 1 is 0.933 bits per heavy atom. The van der Waals surface area contributed by atoms with E-state index in [2.05, 4.69) is 0 Å². The number of ketones is 1. The summed E-state index contributed by atoms with van der Waals surface area (Å²) in [6, 6.07) is 22.5. The lowest BCUT2D eigenvalue weighted by Gasteiger charge is -2.23. The molecule has 0 N–H and O–H groups in total. The fourth-order valence-electron chi connectivity index (χ4n) is 3.06. The molecule has 0 amide bonds. The third-order valence-electron chi connectivity index (χ3n) is 4.64. The fraction of sp³-hybridized carbons (Fsp3) is 0.130. The highest BCUT2D eigenvalue weighted by Crippen LogP contribution is 2.24. The summed E-state index contributed by atoms with van der Waals surface area (Å²) in [5.74, 6) is 0.252. The van der Waals surface area contributed by atoms with Crippen LogP contribution in [-0.2, 0) is 23.1 Å². The topological polar surface area (TPSA) is 63.7 Å². The number of hydrogen-bond donors (Lipinski definition) is 0. The summed E-state index contributed by atoms with van der Waals surface area (Å²) in [5, 5.41) is 1.07. The summed E-state index contributed by atoms with van der Waals surface area (Å²) in [6.07, 6.45) is 0. The van der Waals surface area contributed by atoms with Gasteiger partial charge in [0, 0.05) is 24.0 Å². The number of benzene rings is 3. The van der Waals surface area contributed by atoms with E-state index in [4.69, 9.17) is 17.0 Å². The number of hydrogen-bond acceptors (Lipinski definition) is 5. The summed E-state index contributed by atoms with van der Waals surface area (Å²) < 4.78 is 33.4. The number of Topliss-reactive ketones (excluding diaryl/α,β-unsaturated/α-hetero) is 1. The molecule has 0 bridgehead atoms. The van der Waals surface area contributed by atoms with E-state index in [-0.39, 0.29) is 23.8 Å². The van der Waals surface area contributed by atoms with Crippen LogP contribution in [0.4, 0.5) is 0 Å². The average molecular weight is 440 g/mol. The van der Waals surface area contributed by atoms with Gasteiger partial charge >= 0.3 is 0 Å². The van der Waals surface area contributed by atoms with Gasteiger partial charge in [0.25, 0.3) is 0 Å². The first-order chi connectivity index (χ1) is 14.5. The van der Waals surface area contributed by atoms with Crippen molar-refractivity contribution in [2.24, 2.45) is 0 Å². The van der Waals surface area contributed by atoms with Gasteiger partial charge in [-0.05, 0) is 35.4 Å². The molecule has 0 unspecified atom stereocenters. The van der Waals surface area contributed by atoms with Gasteiger partial charge in [-0.3, -0.25) is 4.79 Å². The molecule has 0 aliphatic heterocycles. The predicted octanol–water partition coefficient (Wildman–Crippen LogP) is 4.27. The van der Waals surface area contributed by atoms with Gasteiger partial charge in [-0.1, -0.05) is 66.8 Å². The number of methoxy groups -OCH3 is 1. The quantitative estimate of drug-likeness (QED) is 0.368. The number of rotatable bonds is 9. The number of thiocarbonyl (C=S) groups is 1. The van der Waals surface area contributed by atoms with Crippen LogP contribution in [0.3, 0.4) is 0 Å². The van der Waals surface area contributed by atoms with Crippen molar-refractivity contribution in [3.8, 4) is 5.75 Å². The zero-order valence-electron chi connectivity index (χ0n) is 16.4. The molecule has 0 heterocycles. The zero-order chi connectivity index (χ0) is 21.6. The SMILES string of the molecule is COc1ccc(S(=O)(=O)N(Cc2ccccc2)Cc2ccccc2C(=O)C=S)cc1. The lowest BCUT2D eigenvalue weighted by Crippen LogP contribution is -2.31.